The second kappa shape index (κ2) is 10.9. The summed E-state index contributed by atoms with van der Waals surface area (Å²) < 4.78 is 24.7. The molecule has 0 aliphatic carbocycles. The number of ether oxygens (including phenoxy) is 2. The molecule has 2 heterocycles. The topological polar surface area (TPSA) is 42.0 Å². The van der Waals surface area contributed by atoms with Gasteiger partial charge >= 0.3 is 0 Å². The summed E-state index contributed by atoms with van der Waals surface area (Å²) in [7, 11) is 1.63. The maximum Gasteiger partial charge on any atom is 0.224 e. The predicted molar refractivity (Wildman–Crippen MR) is 106 cm³/mol. The van der Waals surface area contributed by atoms with E-state index in [4.69, 9.17) is 9.47 Å². The van der Waals surface area contributed by atoms with Crippen molar-refractivity contribution in [3.63, 3.8) is 0 Å². The van der Waals surface area contributed by atoms with Crippen molar-refractivity contribution in [3.05, 3.63) is 35.6 Å². The minimum absolute atomic E-state index is 0.129. The molecule has 1 atom stereocenters. The Morgan fingerprint density at radius 2 is 2.04 bits per heavy atom. The number of hydrogen-bond donors (Lipinski definition) is 0. The first-order chi connectivity index (χ1) is 13.7. The van der Waals surface area contributed by atoms with Gasteiger partial charge in [0, 0.05) is 38.9 Å². The van der Waals surface area contributed by atoms with Crippen LogP contribution in [0.4, 0.5) is 4.39 Å². The van der Waals surface area contributed by atoms with E-state index in [1.54, 1.807) is 13.2 Å². The van der Waals surface area contributed by atoms with Gasteiger partial charge in [-0.1, -0.05) is 18.2 Å². The monoisotopic (exact) mass is 392 g/mol. The Kier molecular flexibility index (Phi) is 8.25. The van der Waals surface area contributed by atoms with Crippen molar-refractivity contribution in [2.45, 2.75) is 44.8 Å². The van der Waals surface area contributed by atoms with Crippen LogP contribution in [0.1, 0.15) is 37.7 Å². The van der Waals surface area contributed by atoms with Crippen molar-refractivity contribution in [3.8, 4) is 0 Å². The van der Waals surface area contributed by atoms with Gasteiger partial charge in [-0.05, 0) is 50.8 Å². The van der Waals surface area contributed by atoms with E-state index in [-0.39, 0.29) is 17.8 Å². The summed E-state index contributed by atoms with van der Waals surface area (Å²) in [6.07, 6.45) is 4.79. The number of benzene rings is 1. The number of carbonyl (C=O) groups is 1. The highest BCUT2D eigenvalue weighted by Gasteiger charge is 2.27. The number of hydrogen-bond acceptors (Lipinski definition) is 4. The van der Waals surface area contributed by atoms with E-state index in [1.807, 2.05) is 17.0 Å². The molecule has 2 aliphatic heterocycles. The SMILES string of the molecule is COCCC(=O)N(CC1CCN(Cc2ccccc2F)CC1)C[C@@H]1CCCO1. The first-order valence-electron chi connectivity index (χ1n) is 10.5. The standard InChI is InChI=1S/C22H33FN2O3/c1-27-14-10-22(26)25(17-20-6-4-13-28-20)15-18-8-11-24(12-9-18)16-19-5-2-3-7-21(19)23/h2-3,5,7,18,20H,4,6,8-17H2,1H3/t20-/m0/s1. The summed E-state index contributed by atoms with van der Waals surface area (Å²) in [6.45, 7) is 5.29. The molecule has 156 valence electrons. The van der Waals surface area contributed by atoms with Crippen LogP contribution in [0.25, 0.3) is 0 Å². The molecule has 1 aromatic rings. The third-order valence-electron chi connectivity index (χ3n) is 5.86. The fourth-order valence-electron chi connectivity index (χ4n) is 4.17. The molecule has 0 radical (unpaired) electrons. The predicted octanol–water partition coefficient (Wildman–Crippen LogP) is 3.08. The van der Waals surface area contributed by atoms with E-state index in [2.05, 4.69) is 4.90 Å². The van der Waals surface area contributed by atoms with Crippen molar-refractivity contribution in [1.29, 1.82) is 0 Å². The van der Waals surface area contributed by atoms with Gasteiger partial charge in [-0.2, -0.15) is 0 Å². The highest BCUT2D eigenvalue weighted by Crippen LogP contribution is 2.22. The molecule has 0 saturated carbocycles. The van der Waals surface area contributed by atoms with E-state index < -0.39 is 0 Å². The van der Waals surface area contributed by atoms with Crippen LogP contribution in [0.15, 0.2) is 24.3 Å². The number of methoxy groups -OCH3 is 1. The van der Waals surface area contributed by atoms with Gasteiger partial charge in [0.25, 0.3) is 0 Å². The fraction of sp³-hybridized carbons (Fsp3) is 0.682. The molecule has 0 unspecified atom stereocenters. The Morgan fingerprint density at radius 3 is 2.71 bits per heavy atom. The van der Waals surface area contributed by atoms with Gasteiger partial charge < -0.3 is 14.4 Å². The third kappa shape index (κ3) is 6.26. The number of amides is 1. The molecule has 1 aromatic carbocycles. The molecule has 0 N–H and O–H groups in total. The van der Waals surface area contributed by atoms with Crippen molar-refractivity contribution in [1.82, 2.24) is 9.80 Å². The number of nitrogens with zero attached hydrogens (tertiary/aromatic N) is 2. The molecule has 2 fully saturated rings. The second-order valence-corrected chi connectivity index (χ2v) is 7.99. The Morgan fingerprint density at radius 1 is 1.25 bits per heavy atom. The van der Waals surface area contributed by atoms with Crippen molar-refractivity contribution in [2.75, 3.05) is 46.5 Å². The lowest BCUT2D eigenvalue weighted by Gasteiger charge is -2.35. The number of carbonyl (C=O) groups excluding carboxylic acids is 1. The second-order valence-electron chi connectivity index (χ2n) is 7.99. The van der Waals surface area contributed by atoms with E-state index in [9.17, 15) is 9.18 Å². The minimum atomic E-state index is -0.129. The average molecular weight is 393 g/mol. The van der Waals surface area contributed by atoms with E-state index in [0.29, 0.717) is 32.0 Å². The third-order valence-corrected chi connectivity index (χ3v) is 5.86. The molecular weight excluding hydrogens is 359 g/mol. The first-order valence-corrected chi connectivity index (χ1v) is 10.5. The van der Waals surface area contributed by atoms with Gasteiger partial charge in [-0.15, -0.1) is 0 Å². The van der Waals surface area contributed by atoms with Crippen LogP contribution in [0.3, 0.4) is 0 Å². The van der Waals surface area contributed by atoms with E-state index in [0.717, 1.165) is 57.5 Å². The smallest absolute Gasteiger partial charge is 0.224 e. The summed E-state index contributed by atoms with van der Waals surface area (Å²) in [5, 5.41) is 0. The van der Waals surface area contributed by atoms with Gasteiger partial charge in [-0.25, -0.2) is 4.39 Å². The summed E-state index contributed by atoms with van der Waals surface area (Å²) in [4.78, 5) is 16.9. The fourth-order valence-corrected chi connectivity index (χ4v) is 4.17. The summed E-state index contributed by atoms with van der Waals surface area (Å²) in [6, 6.07) is 7.00. The summed E-state index contributed by atoms with van der Waals surface area (Å²) >= 11 is 0. The molecule has 2 aliphatic rings. The Bertz CT molecular complexity index is 614. The summed E-state index contributed by atoms with van der Waals surface area (Å²) in [5.41, 5.74) is 0.760. The molecule has 3 rings (SSSR count). The van der Waals surface area contributed by atoms with Crippen LogP contribution < -0.4 is 0 Å². The molecule has 2 saturated heterocycles. The van der Waals surface area contributed by atoms with Gasteiger partial charge in [-0.3, -0.25) is 9.69 Å². The molecule has 28 heavy (non-hydrogen) atoms. The zero-order valence-electron chi connectivity index (χ0n) is 16.9. The molecule has 6 heteroatoms. The maximum atomic E-state index is 13.9. The highest BCUT2D eigenvalue weighted by molar-refractivity contribution is 5.76. The van der Waals surface area contributed by atoms with Crippen LogP contribution in [0.2, 0.25) is 0 Å². The van der Waals surface area contributed by atoms with Crippen LogP contribution in [0, 0.1) is 11.7 Å². The molecule has 0 aromatic heterocycles. The van der Waals surface area contributed by atoms with Gasteiger partial charge in [0.2, 0.25) is 5.91 Å². The molecule has 1 amide bonds. The van der Waals surface area contributed by atoms with Crippen LogP contribution in [-0.4, -0.2) is 68.3 Å². The Hall–Kier alpha value is -1.50. The highest BCUT2D eigenvalue weighted by atomic mass is 19.1. The van der Waals surface area contributed by atoms with Crippen molar-refractivity contribution < 1.29 is 18.7 Å². The van der Waals surface area contributed by atoms with E-state index >= 15 is 0 Å². The number of rotatable bonds is 9. The molecule has 0 spiro atoms. The lowest BCUT2D eigenvalue weighted by molar-refractivity contribution is -0.134. The van der Waals surface area contributed by atoms with E-state index in [1.165, 1.54) is 6.07 Å². The van der Waals surface area contributed by atoms with Crippen molar-refractivity contribution >= 4 is 5.91 Å². The summed E-state index contributed by atoms with van der Waals surface area (Å²) in [5.74, 6) is 0.520. The quantitative estimate of drug-likeness (QED) is 0.648. The van der Waals surface area contributed by atoms with Gasteiger partial charge in [0.05, 0.1) is 19.1 Å². The van der Waals surface area contributed by atoms with Gasteiger partial charge in [0.15, 0.2) is 0 Å². The van der Waals surface area contributed by atoms with Crippen LogP contribution >= 0.6 is 0 Å². The zero-order chi connectivity index (χ0) is 19.8. The molecular formula is C22H33FN2O3. The number of likely N-dealkylation sites (tertiary alicyclic amines) is 1. The van der Waals surface area contributed by atoms with Crippen molar-refractivity contribution in [2.24, 2.45) is 5.92 Å². The molecule has 5 nitrogen and oxygen atoms in total. The average Bonchev–Trinajstić information content (AvgIpc) is 3.22. The minimum Gasteiger partial charge on any atom is -0.384 e. The molecule has 0 bridgehead atoms. The largest absolute Gasteiger partial charge is 0.384 e. The number of piperidine rings is 1. The Labute approximate surface area is 167 Å². The Balaban J connectivity index is 1.49. The van der Waals surface area contributed by atoms with Crippen LogP contribution in [-0.2, 0) is 20.8 Å². The van der Waals surface area contributed by atoms with Crippen LogP contribution in [0.5, 0.6) is 0 Å². The zero-order valence-corrected chi connectivity index (χ0v) is 16.9. The first kappa shape index (κ1) is 21.2. The van der Waals surface area contributed by atoms with Gasteiger partial charge in [0.1, 0.15) is 5.82 Å². The lowest BCUT2D eigenvalue weighted by atomic mass is 9.95. The normalized spacial score (nSPS) is 21.1. The maximum absolute atomic E-state index is 13.9. The number of halogens is 1. The lowest BCUT2D eigenvalue weighted by Crippen LogP contribution is -2.43.